The summed E-state index contributed by atoms with van der Waals surface area (Å²) >= 11 is 1.82. The highest BCUT2D eigenvalue weighted by molar-refractivity contribution is 7.99. The van der Waals surface area contributed by atoms with Gasteiger partial charge in [0.05, 0.1) is 10.9 Å². The van der Waals surface area contributed by atoms with E-state index in [0.29, 0.717) is 21.5 Å². The minimum atomic E-state index is -3.41. The van der Waals surface area contributed by atoms with Crippen molar-refractivity contribution in [3.8, 4) is 0 Å². The van der Waals surface area contributed by atoms with Crippen molar-refractivity contribution >= 4 is 27.6 Å². The summed E-state index contributed by atoms with van der Waals surface area (Å²) in [5.74, 6) is 0.515. The predicted octanol–water partition coefficient (Wildman–Crippen LogP) is 2.01. The van der Waals surface area contributed by atoms with Crippen LogP contribution < -0.4 is 4.72 Å². The van der Waals surface area contributed by atoms with E-state index in [9.17, 15) is 8.42 Å². The number of sulfonamides is 1. The third-order valence-electron chi connectivity index (χ3n) is 3.68. The first-order chi connectivity index (χ1) is 9.12. The van der Waals surface area contributed by atoms with Crippen LogP contribution in [0.4, 0.5) is 0 Å². The second-order valence-electron chi connectivity index (χ2n) is 4.85. The topological polar surface area (TPSA) is 58.5 Å². The van der Waals surface area contributed by atoms with Gasteiger partial charge in [0.2, 0.25) is 0 Å². The van der Waals surface area contributed by atoms with Crippen molar-refractivity contribution in [1.29, 1.82) is 0 Å². The van der Waals surface area contributed by atoms with Gasteiger partial charge in [0.15, 0.2) is 0 Å². The van der Waals surface area contributed by atoms with Gasteiger partial charge < -0.3 is 0 Å². The van der Waals surface area contributed by atoms with Crippen molar-refractivity contribution < 1.29 is 8.42 Å². The third kappa shape index (κ3) is 2.27. The molecule has 0 radical (unpaired) electrons. The van der Waals surface area contributed by atoms with E-state index in [4.69, 9.17) is 0 Å². The van der Waals surface area contributed by atoms with Crippen LogP contribution in [-0.2, 0) is 10.0 Å². The van der Waals surface area contributed by atoms with Crippen LogP contribution in [0, 0.1) is 0 Å². The molecule has 0 saturated heterocycles. The molecule has 1 saturated carbocycles. The van der Waals surface area contributed by atoms with Crippen LogP contribution >= 0.6 is 11.8 Å². The molecule has 3 rings (SSSR count). The molecule has 1 aromatic carbocycles. The van der Waals surface area contributed by atoms with Crippen LogP contribution in [0.25, 0.3) is 0 Å². The predicted molar refractivity (Wildman–Crippen MR) is 78.2 cm³/mol. The van der Waals surface area contributed by atoms with Crippen molar-refractivity contribution in [1.82, 2.24) is 4.72 Å². The molecule has 1 N–H and O–H groups in total. The zero-order valence-corrected chi connectivity index (χ0v) is 12.3. The fourth-order valence-electron chi connectivity index (χ4n) is 2.72. The maximum Gasteiger partial charge on any atom is 0.263 e. The lowest BCUT2D eigenvalue weighted by molar-refractivity contribution is 0.595. The minimum Gasteiger partial charge on any atom is -0.263 e. The van der Waals surface area contributed by atoms with E-state index in [0.717, 1.165) is 12.8 Å². The fraction of sp³-hybridized carbons (Fsp3) is 0.462. The van der Waals surface area contributed by atoms with E-state index in [1.165, 1.54) is 6.42 Å². The van der Waals surface area contributed by atoms with E-state index >= 15 is 0 Å². The minimum absolute atomic E-state index is 0.221. The zero-order valence-electron chi connectivity index (χ0n) is 10.7. The van der Waals surface area contributed by atoms with Gasteiger partial charge in [0.1, 0.15) is 5.84 Å². The van der Waals surface area contributed by atoms with Crippen LogP contribution in [0.5, 0.6) is 0 Å². The number of hydrogen-bond acceptors (Lipinski definition) is 4. The number of rotatable bonds is 2. The Balaban J connectivity index is 2.00. The normalized spacial score (nSPS) is 30.3. The molecule has 2 aliphatic rings. The molecule has 1 fully saturated rings. The average molecular weight is 296 g/mol. The molecule has 0 bridgehead atoms. The maximum absolute atomic E-state index is 12.0. The summed E-state index contributed by atoms with van der Waals surface area (Å²) < 4.78 is 26.6. The van der Waals surface area contributed by atoms with Gasteiger partial charge in [-0.3, -0.25) is 9.71 Å². The average Bonchev–Trinajstić information content (AvgIpc) is 2.94. The van der Waals surface area contributed by atoms with Gasteiger partial charge in [-0.05, 0) is 31.2 Å². The van der Waals surface area contributed by atoms with Crippen molar-refractivity contribution in [2.24, 2.45) is 4.99 Å². The number of aliphatic imine (C=N–C) groups is 1. The van der Waals surface area contributed by atoms with E-state index in [-0.39, 0.29) is 6.04 Å². The summed E-state index contributed by atoms with van der Waals surface area (Å²) in [5, 5.41) is 0.504. The Morgan fingerprint density at radius 3 is 2.89 bits per heavy atom. The number of fused-ring (bicyclic) bond motifs is 1. The molecule has 0 aromatic heterocycles. The Labute approximate surface area is 117 Å². The monoisotopic (exact) mass is 296 g/mol. The molecule has 0 amide bonds. The quantitative estimate of drug-likeness (QED) is 0.908. The first kappa shape index (κ1) is 13.0. The SMILES string of the molecule is CSC1CCCC1N=C1NS(=O)(=O)c2ccccc21. The Morgan fingerprint density at radius 2 is 2.11 bits per heavy atom. The molecule has 1 aliphatic carbocycles. The van der Waals surface area contributed by atoms with Gasteiger partial charge in [0.25, 0.3) is 10.0 Å². The van der Waals surface area contributed by atoms with E-state index in [1.807, 2.05) is 23.9 Å². The Bertz CT molecular complexity index is 625. The first-order valence-electron chi connectivity index (χ1n) is 6.34. The molecule has 1 aromatic rings. The molecule has 4 nitrogen and oxygen atoms in total. The number of hydrogen-bond donors (Lipinski definition) is 1. The second kappa shape index (κ2) is 4.83. The molecule has 0 spiro atoms. The highest BCUT2D eigenvalue weighted by atomic mass is 32.2. The fourth-order valence-corrected chi connectivity index (χ4v) is 4.88. The van der Waals surface area contributed by atoms with Gasteiger partial charge in [-0.25, -0.2) is 8.42 Å². The Hall–Kier alpha value is -1.01. The highest BCUT2D eigenvalue weighted by Crippen LogP contribution is 2.32. The number of amidine groups is 1. The van der Waals surface area contributed by atoms with Crippen LogP contribution in [0.3, 0.4) is 0 Å². The van der Waals surface area contributed by atoms with Crippen molar-refractivity contribution in [2.75, 3.05) is 6.26 Å². The van der Waals surface area contributed by atoms with Crippen molar-refractivity contribution in [3.05, 3.63) is 29.8 Å². The first-order valence-corrected chi connectivity index (χ1v) is 9.12. The Morgan fingerprint density at radius 1 is 1.32 bits per heavy atom. The lowest BCUT2D eigenvalue weighted by Crippen LogP contribution is -2.25. The lowest BCUT2D eigenvalue weighted by atomic mass is 10.2. The van der Waals surface area contributed by atoms with Crippen LogP contribution in [-0.4, -0.2) is 31.8 Å². The number of thioether (sulfide) groups is 1. The van der Waals surface area contributed by atoms with E-state index < -0.39 is 10.0 Å². The van der Waals surface area contributed by atoms with Crippen molar-refractivity contribution in [2.45, 2.75) is 35.4 Å². The number of nitrogens with one attached hydrogen (secondary N) is 1. The molecule has 1 heterocycles. The Kier molecular flexibility index (Phi) is 3.30. The standard InChI is InChI=1S/C13H16N2O2S2/c1-18-11-7-4-6-10(11)14-13-9-5-2-3-8-12(9)19(16,17)15-13/h2-3,5,8,10-11H,4,6-7H2,1H3,(H,14,15). The van der Waals surface area contributed by atoms with Crippen LogP contribution in [0.2, 0.25) is 0 Å². The van der Waals surface area contributed by atoms with Gasteiger partial charge in [0, 0.05) is 10.8 Å². The van der Waals surface area contributed by atoms with Crippen molar-refractivity contribution in [3.63, 3.8) is 0 Å². The summed E-state index contributed by atoms with van der Waals surface area (Å²) in [6, 6.07) is 7.24. The van der Waals surface area contributed by atoms with Gasteiger partial charge in [-0.2, -0.15) is 11.8 Å². The lowest BCUT2D eigenvalue weighted by Gasteiger charge is -2.13. The molecule has 6 heteroatoms. The number of benzene rings is 1. The molecule has 19 heavy (non-hydrogen) atoms. The van der Waals surface area contributed by atoms with Crippen LogP contribution in [0.1, 0.15) is 24.8 Å². The zero-order chi connectivity index (χ0) is 13.5. The molecule has 2 unspecified atom stereocenters. The largest absolute Gasteiger partial charge is 0.263 e. The highest BCUT2D eigenvalue weighted by Gasteiger charge is 2.33. The summed E-state index contributed by atoms with van der Waals surface area (Å²) in [6.45, 7) is 0. The number of nitrogens with zero attached hydrogens (tertiary/aromatic N) is 1. The summed E-state index contributed by atoms with van der Waals surface area (Å²) in [6.07, 6.45) is 5.47. The van der Waals surface area contributed by atoms with Crippen LogP contribution in [0.15, 0.2) is 34.2 Å². The smallest absolute Gasteiger partial charge is 0.263 e. The summed E-state index contributed by atoms with van der Waals surface area (Å²) in [5.41, 5.74) is 0.703. The summed E-state index contributed by atoms with van der Waals surface area (Å²) in [4.78, 5) is 5.01. The maximum atomic E-state index is 12.0. The van der Waals surface area contributed by atoms with Gasteiger partial charge >= 0.3 is 0 Å². The molecule has 102 valence electrons. The summed E-state index contributed by atoms with van der Waals surface area (Å²) in [7, 11) is -3.41. The second-order valence-corrected chi connectivity index (χ2v) is 7.58. The molecular weight excluding hydrogens is 280 g/mol. The third-order valence-corrected chi connectivity index (χ3v) is 6.23. The van der Waals surface area contributed by atoms with Gasteiger partial charge in [-0.1, -0.05) is 18.6 Å². The molecule has 2 atom stereocenters. The van der Waals surface area contributed by atoms with E-state index in [1.54, 1.807) is 12.1 Å². The van der Waals surface area contributed by atoms with Gasteiger partial charge in [-0.15, -0.1) is 0 Å². The molecule has 1 aliphatic heterocycles. The molecular formula is C13H16N2O2S2. The van der Waals surface area contributed by atoms with E-state index in [2.05, 4.69) is 16.0 Å².